The quantitative estimate of drug-likeness (QED) is 0.589. The van der Waals surface area contributed by atoms with Gasteiger partial charge in [0.15, 0.2) is 0 Å². The van der Waals surface area contributed by atoms with Gasteiger partial charge in [0.25, 0.3) is 10.1 Å². The van der Waals surface area contributed by atoms with Crippen molar-refractivity contribution in [1.29, 1.82) is 0 Å². The van der Waals surface area contributed by atoms with Crippen LogP contribution < -0.4 is 5.73 Å². The Kier molecular flexibility index (Phi) is 6.64. The number of hydrogen-bond donors (Lipinski definition) is 1. The first-order valence-electron chi connectivity index (χ1n) is 6.57. The van der Waals surface area contributed by atoms with Crippen LogP contribution in [0.15, 0.2) is 0 Å². The predicted octanol–water partition coefficient (Wildman–Crippen LogP) is 1.44. The largest absolute Gasteiger partial charge is 0.459 e. The summed E-state index contributed by atoms with van der Waals surface area (Å²) < 4.78 is 33.3. The summed E-state index contributed by atoms with van der Waals surface area (Å²) in [6.07, 6.45) is -0.0264. The molecule has 2 N–H and O–H groups in total. The van der Waals surface area contributed by atoms with Gasteiger partial charge in [0.2, 0.25) is 0 Å². The number of hydrogen-bond acceptors (Lipinski definition) is 6. The number of carbonyl (C=O) groups is 1. The van der Waals surface area contributed by atoms with Gasteiger partial charge in [-0.2, -0.15) is 8.42 Å². The lowest BCUT2D eigenvalue weighted by molar-refractivity contribution is -0.156. The molecule has 120 valence electrons. The lowest BCUT2D eigenvalue weighted by atomic mass is 9.99. The maximum absolute atomic E-state index is 11.7. The van der Waals surface area contributed by atoms with E-state index in [1.54, 1.807) is 20.8 Å². The fourth-order valence-electron chi connectivity index (χ4n) is 1.09. The van der Waals surface area contributed by atoms with Crippen LogP contribution in [-0.4, -0.2) is 38.4 Å². The minimum absolute atomic E-state index is 0.0264. The lowest BCUT2D eigenvalue weighted by Crippen LogP contribution is -2.38. The van der Waals surface area contributed by atoms with Crippen molar-refractivity contribution in [1.82, 2.24) is 0 Å². The van der Waals surface area contributed by atoms with Crippen LogP contribution in [0.1, 0.15) is 48.0 Å². The van der Waals surface area contributed by atoms with E-state index in [-0.39, 0.29) is 24.2 Å². The van der Waals surface area contributed by atoms with Gasteiger partial charge in [0.1, 0.15) is 11.6 Å². The molecule has 1 atom stereocenters. The Morgan fingerprint density at radius 3 is 2.05 bits per heavy atom. The molecule has 20 heavy (non-hydrogen) atoms. The van der Waals surface area contributed by atoms with Crippen molar-refractivity contribution >= 4 is 16.1 Å². The molecule has 0 saturated carbocycles. The maximum Gasteiger partial charge on any atom is 0.323 e. The van der Waals surface area contributed by atoms with E-state index in [4.69, 9.17) is 14.7 Å². The second kappa shape index (κ2) is 6.87. The lowest BCUT2D eigenvalue weighted by Gasteiger charge is -2.22. The zero-order valence-electron chi connectivity index (χ0n) is 13.2. The van der Waals surface area contributed by atoms with E-state index < -0.39 is 27.7 Å². The first-order valence-corrected chi connectivity index (χ1v) is 8.15. The van der Waals surface area contributed by atoms with Gasteiger partial charge < -0.3 is 10.5 Å². The summed E-state index contributed by atoms with van der Waals surface area (Å²) in [5.41, 5.74) is 4.73. The Labute approximate surface area is 122 Å². The molecule has 0 aliphatic carbocycles. The molecule has 0 spiro atoms. The van der Waals surface area contributed by atoms with Crippen molar-refractivity contribution in [3.63, 3.8) is 0 Å². The van der Waals surface area contributed by atoms with Crippen molar-refractivity contribution in [2.24, 2.45) is 11.1 Å². The van der Waals surface area contributed by atoms with Crippen LogP contribution in [0, 0.1) is 5.41 Å². The van der Waals surface area contributed by atoms with Crippen molar-refractivity contribution < 1.29 is 22.1 Å². The van der Waals surface area contributed by atoms with Gasteiger partial charge in [-0.15, -0.1) is 0 Å². The second-order valence-corrected chi connectivity index (χ2v) is 8.77. The molecule has 0 radical (unpaired) electrons. The van der Waals surface area contributed by atoms with Gasteiger partial charge >= 0.3 is 5.97 Å². The average Bonchev–Trinajstić information content (AvgIpc) is 2.20. The third-order valence-electron chi connectivity index (χ3n) is 2.06. The summed E-state index contributed by atoms with van der Waals surface area (Å²) in [6, 6.07) is -0.970. The van der Waals surface area contributed by atoms with Crippen LogP contribution in [0.3, 0.4) is 0 Å². The highest BCUT2D eigenvalue weighted by molar-refractivity contribution is 7.86. The summed E-state index contributed by atoms with van der Waals surface area (Å²) in [5, 5.41) is 0. The molecule has 0 amide bonds. The standard InChI is InChI=1S/C13H27NO5S/c1-12(2,3)9-18-20(16,17)8-7-10(14)11(15)19-13(4,5)6/h10H,7-9,14H2,1-6H3. The van der Waals surface area contributed by atoms with E-state index >= 15 is 0 Å². The summed E-state index contributed by atoms with van der Waals surface area (Å²) in [4.78, 5) is 11.6. The summed E-state index contributed by atoms with van der Waals surface area (Å²) in [5.74, 6) is -0.910. The van der Waals surface area contributed by atoms with Crippen LogP contribution in [0.25, 0.3) is 0 Å². The van der Waals surface area contributed by atoms with Gasteiger partial charge in [0, 0.05) is 0 Å². The summed E-state index contributed by atoms with van der Waals surface area (Å²) in [6.45, 7) is 10.9. The van der Waals surface area contributed by atoms with Crippen molar-refractivity contribution in [3.05, 3.63) is 0 Å². The van der Waals surface area contributed by atoms with Crippen molar-refractivity contribution in [2.45, 2.75) is 59.6 Å². The zero-order chi connectivity index (χ0) is 16.2. The molecule has 0 rings (SSSR count). The van der Waals surface area contributed by atoms with Crippen LogP contribution >= 0.6 is 0 Å². The fraction of sp³-hybridized carbons (Fsp3) is 0.923. The molecule has 0 aliphatic heterocycles. The SMILES string of the molecule is CC(C)(C)COS(=O)(=O)CCC(N)C(=O)OC(C)(C)C. The normalized spacial score (nSPS) is 14.9. The molecule has 0 aliphatic rings. The van der Waals surface area contributed by atoms with E-state index in [1.165, 1.54) is 0 Å². The molecule has 6 nitrogen and oxygen atoms in total. The molecule has 0 saturated heterocycles. The summed E-state index contributed by atoms with van der Waals surface area (Å²) in [7, 11) is -3.67. The van der Waals surface area contributed by atoms with Crippen LogP contribution in [0.4, 0.5) is 0 Å². The fourth-order valence-corrected chi connectivity index (χ4v) is 2.29. The van der Waals surface area contributed by atoms with E-state index in [2.05, 4.69) is 0 Å². The highest BCUT2D eigenvalue weighted by atomic mass is 32.2. The monoisotopic (exact) mass is 309 g/mol. The summed E-state index contributed by atoms with van der Waals surface area (Å²) >= 11 is 0. The molecule has 7 heteroatoms. The van der Waals surface area contributed by atoms with E-state index in [9.17, 15) is 13.2 Å². The van der Waals surface area contributed by atoms with E-state index in [0.29, 0.717) is 0 Å². The van der Waals surface area contributed by atoms with E-state index in [0.717, 1.165) is 0 Å². The van der Waals surface area contributed by atoms with Gasteiger partial charge in [0.05, 0.1) is 12.4 Å². The van der Waals surface area contributed by atoms with Gasteiger partial charge in [-0.1, -0.05) is 20.8 Å². The molecule has 0 bridgehead atoms. The highest BCUT2D eigenvalue weighted by Crippen LogP contribution is 2.15. The number of rotatable bonds is 6. The molecule has 0 aromatic heterocycles. The second-order valence-electron chi connectivity index (χ2n) is 7.01. The Morgan fingerprint density at radius 1 is 1.15 bits per heavy atom. The smallest absolute Gasteiger partial charge is 0.323 e. The molecule has 0 aromatic rings. The highest BCUT2D eigenvalue weighted by Gasteiger charge is 2.25. The minimum atomic E-state index is -3.67. The van der Waals surface area contributed by atoms with Crippen LogP contribution in [0.2, 0.25) is 0 Å². The molecular weight excluding hydrogens is 282 g/mol. The number of carbonyl (C=O) groups excluding carboxylic acids is 1. The Balaban J connectivity index is 4.30. The van der Waals surface area contributed by atoms with Crippen molar-refractivity contribution in [2.75, 3.05) is 12.4 Å². The predicted molar refractivity (Wildman–Crippen MR) is 77.6 cm³/mol. The van der Waals surface area contributed by atoms with Gasteiger partial charge in [-0.05, 0) is 32.6 Å². The van der Waals surface area contributed by atoms with Crippen LogP contribution in [0.5, 0.6) is 0 Å². The molecule has 0 fully saturated rings. The Bertz CT molecular complexity index is 417. The van der Waals surface area contributed by atoms with Crippen LogP contribution in [-0.2, 0) is 23.8 Å². The Morgan fingerprint density at radius 2 is 1.65 bits per heavy atom. The van der Waals surface area contributed by atoms with E-state index in [1.807, 2.05) is 20.8 Å². The number of esters is 1. The number of nitrogens with two attached hydrogens (primary N) is 1. The third kappa shape index (κ3) is 10.2. The third-order valence-corrected chi connectivity index (χ3v) is 3.27. The minimum Gasteiger partial charge on any atom is -0.459 e. The molecule has 1 unspecified atom stereocenters. The zero-order valence-corrected chi connectivity index (χ0v) is 14.0. The van der Waals surface area contributed by atoms with Gasteiger partial charge in [-0.3, -0.25) is 8.98 Å². The molecule has 0 aromatic carbocycles. The Hall–Kier alpha value is -0.660. The first kappa shape index (κ1) is 19.3. The topological polar surface area (TPSA) is 95.7 Å². The van der Waals surface area contributed by atoms with Gasteiger partial charge in [-0.25, -0.2) is 0 Å². The number of ether oxygens (including phenoxy) is 1. The average molecular weight is 309 g/mol. The van der Waals surface area contributed by atoms with Crippen molar-refractivity contribution in [3.8, 4) is 0 Å². The first-order chi connectivity index (χ1) is 8.72. The molecule has 0 heterocycles. The maximum atomic E-state index is 11.7. The molecular formula is C13H27NO5S.